The summed E-state index contributed by atoms with van der Waals surface area (Å²) in [7, 11) is 0. The first kappa shape index (κ1) is 12.4. The van der Waals surface area contributed by atoms with E-state index in [0.29, 0.717) is 17.4 Å². The fourth-order valence-electron chi connectivity index (χ4n) is 2.59. The number of rotatable bonds is 4. The van der Waals surface area contributed by atoms with Crippen molar-refractivity contribution in [3.63, 3.8) is 0 Å². The Balaban J connectivity index is 1.62. The summed E-state index contributed by atoms with van der Waals surface area (Å²) in [6.45, 7) is 5.02. The number of nitrogens with zero attached hydrogens (tertiary/aromatic N) is 2. The van der Waals surface area contributed by atoms with Crippen LogP contribution in [0.3, 0.4) is 0 Å². The van der Waals surface area contributed by atoms with Gasteiger partial charge in [-0.2, -0.15) is 0 Å². The molecule has 0 amide bonds. The van der Waals surface area contributed by atoms with E-state index in [-0.39, 0.29) is 6.04 Å². The summed E-state index contributed by atoms with van der Waals surface area (Å²) in [5, 5.41) is 4.10. The van der Waals surface area contributed by atoms with E-state index in [1.807, 2.05) is 18.2 Å². The Labute approximate surface area is 112 Å². The van der Waals surface area contributed by atoms with Gasteiger partial charge in [-0.05, 0) is 37.9 Å². The van der Waals surface area contributed by atoms with E-state index in [1.54, 1.807) is 6.26 Å². The summed E-state index contributed by atoms with van der Waals surface area (Å²) in [5.41, 5.74) is 6.89. The number of likely N-dealkylation sites (tertiary alicyclic amines) is 1. The number of hydrogen-bond donors (Lipinski definition) is 1. The van der Waals surface area contributed by atoms with Gasteiger partial charge >= 0.3 is 0 Å². The molecular formula is C14H19N3O2. The summed E-state index contributed by atoms with van der Waals surface area (Å²) >= 11 is 0. The zero-order valence-corrected chi connectivity index (χ0v) is 11.1. The maximum absolute atomic E-state index is 5.95. The average Bonchev–Trinajstić information content (AvgIpc) is 3.09. The predicted octanol–water partition coefficient (Wildman–Crippen LogP) is 2.10. The van der Waals surface area contributed by atoms with Crippen LogP contribution >= 0.6 is 0 Å². The van der Waals surface area contributed by atoms with Gasteiger partial charge in [0, 0.05) is 25.2 Å². The lowest BCUT2D eigenvalue weighted by atomic mass is 10.0. The van der Waals surface area contributed by atoms with Crippen LogP contribution in [-0.2, 0) is 6.54 Å². The summed E-state index contributed by atoms with van der Waals surface area (Å²) in [5.74, 6) is 1.99. The zero-order chi connectivity index (χ0) is 13.2. The topological polar surface area (TPSA) is 68.4 Å². The van der Waals surface area contributed by atoms with Crippen LogP contribution in [0.2, 0.25) is 0 Å². The first-order valence-electron chi connectivity index (χ1n) is 6.70. The van der Waals surface area contributed by atoms with Crippen LogP contribution in [0, 0.1) is 5.92 Å². The van der Waals surface area contributed by atoms with Crippen molar-refractivity contribution in [1.82, 2.24) is 10.1 Å². The van der Waals surface area contributed by atoms with E-state index in [4.69, 9.17) is 14.7 Å². The molecule has 5 nitrogen and oxygen atoms in total. The first-order valence-corrected chi connectivity index (χ1v) is 6.70. The van der Waals surface area contributed by atoms with Gasteiger partial charge in [-0.1, -0.05) is 5.16 Å². The molecule has 0 aliphatic carbocycles. The molecule has 0 radical (unpaired) electrons. The van der Waals surface area contributed by atoms with Gasteiger partial charge in [0.25, 0.3) is 0 Å². The molecule has 2 N–H and O–H groups in total. The number of aromatic nitrogens is 1. The van der Waals surface area contributed by atoms with Crippen molar-refractivity contribution in [3.05, 3.63) is 30.2 Å². The van der Waals surface area contributed by atoms with E-state index >= 15 is 0 Å². The third-order valence-corrected chi connectivity index (χ3v) is 3.76. The second-order valence-electron chi connectivity index (χ2n) is 5.30. The lowest BCUT2D eigenvalue weighted by Gasteiger charge is -2.16. The summed E-state index contributed by atoms with van der Waals surface area (Å²) in [6, 6.07) is 5.91. The highest BCUT2D eigenvalue weighted by Crippen LogP contribution is 2.24. The van der Waals surface area contributed by atoms with Gasteiger partial charge in [-0.25, -0.2) is 0 Å². The normalized spacial score (nSPS) is 21.9. The van der Waals surface area contributed by atoms with Crippen LogP contribution < -0.4 is 5.73 Å². The molecule has 2 aromatic rings. The Morgan fingerprint density at radius 1 is 1.53 bits per heavy atom. The highest BCUT2D eigenvalue weighted by atomic mass is 16.5. The molecule has 0 bridgehead atoms. The first-order chi connectivity index (χ1) is 9.22. The van der Waals surface area contributed by atoms with Gasteiger partial charge in [-0.3, -0.25) is 4.90 Å². The monoisotopic (exact) mass is 261 g/mol. The molecule has 5 heteroatoms. The minimum Gasteiger partial charge on any atom is -0.461 e. The van der Waals surface area contributed by atoms with E-state index < -0.39 is 0 Å². The fraction of sp³-hybridized carbons (Fsp3) is 0.500. The molecular weight excluding hydrogens is 242 g/mol. The van der Waals surface area contributed by atoms with Crippen LogP contribution in [0.15, 0.2) is 33.4 Å². The number of nitrogens with two attached hydrogens (primary N) is 1. The lowest BCUT2D eigenvalue weighted by molar-refractivity contribution is 0.296. The summed E-state index contributed by atoms with van der Waals surface area (Å²) in [6.07, 6.45) is 2.80. The molecule has 0 aromatic carbocycles. The van der Waals surface area contributed by atoms with Crippen molar-refractivity contribution in [2.75, 3.05) is 13.1 Å². The highest BCUT2D eigenvalue weighted by molar-refractivity contribution is 5.49. The summed E-state index contributed by atoms with van der Waals surface area (Å²) < 4.78 is 10.6. The van der Waals surface area contributed by atoms with Crippen molar-refractivity contribution in [1.29, 1.82) is 0 Å². The standard InChI is InChI=1S/C14H19N3O2/c1-10(15)11-4-5-17(8-11)9-12-7-14(19-16-12)13-3-2-6-18-13/h2-3,6-7,10-11H,4-5,8-9,15H2,1H3. The van der Waals surface area contributed by atoms with Crippen LogP contribution in [-0.4, -0.2) is 29.2 Å². The van der Waals surface area contributed by atoms with Crippen LogP contribution in [0.25, 0.3) is 11.5 Å². The molecule has 3 rings (SSSR count). The molecule has 0 spiro atoms. The fourth-order valence-corrected chi connectivity index (χ4v) is 2.59. The third kappa shape index (κ3) is 2.72. The molecule has 1 aliphatic heterocycles. The molecule has 2 aromatic heterocycles. The molecule has 1 fully saturated rings. The van der Waals surface area contributed by atoms with Gasteiger partial charge in [0.1, 0.15) is 0 Å². The van der Waals surface area contributed by atoms with Gasteiger partial charge in [0.2, 0.25) is 5.76 Å². The van der Waals surface area contributed by atoms with Crippen molar-refractivity contribution in [3.8, 4) is 11.5 Å². The SMILES string of the molecule is CC(N)C1CCN(Cc2cc(-c3ccco3)on2)C1. The molecule has 1 aliphatic rings. The number of furan rings is 1. The van der Waals surface area contributed by atoms with E-state index in [9.17, 15) is 0 Å². The highest BCUT2D eigenvalue weighted by Gasteiger charge is 2.25. The average molecular weight is 261 g/mol. The Bertz CT molecular complexity index is 519. The Morgan fingerprint density at radius 3 is 3.11 bits per heavy atom. The zero-order valence-electron chi connectivity index (χ0n) is 11.1. The minimum atomic E-state index is 0.265. The molecule has 2 atom stereocenters. The van der Waals surface area contributed by atoms with Gasteiger partial charge < -0.3 is 14.7 Å². The maximum Gasteiger partial charge on any atom is 0.202 e. The van der Waals surface area contributed by atoms with E-state index in [1.165, 1.54) is 6.42 Å². The second-order valence-corrected chi connectivity index (χ2v) is 5.30. The van der Waals surface area contributed by atoms with Gasteiger partial charge in [0.05, 0.1) is 12.0 Å². The van der Waals surface area contributed by atoms with Crippen LogP contribution in [0.5, 0.6) is 0 Å². The number of hydrogen-bond acceptors (Lipinski definition) is 5. The van der Waals surface area contributed by atoms with Crippen molar-refractivity contribution < 1.29 is 8.94 Å². The molecule has 2 unspecified atom stereocenters. The van der Waals surface area contributed by atoms with Crippen molar-refractivity contribution in [2.24, 2.45) is 11.7 Å². The molecule has 19 heavy (non-hydrogen) atoms. The maximum atomic E-state index is 5.95. The van der Waals surface area contributed by atoms with Gasteiger partial charge in [0.15, 0.2) is 5.76 Å². The minimum absolute atomic E-state index is 0.265. The second kappa shape index (κ2) is 5.19. The lowest BCUT2D eigenvalue weighted by Crippen LogP contribution is -2.29. The Morgan fingerprint density at radius 2 is 2.42 bits per heavy atom. The molecule has 1 saturated heterocycles. The molecule has 3 heterocycles. The van der Waals surface area contributed by atoms with Crippen LogP contribution in [0.4, 0.5) is 0 Å². The van der Waals surface area contributed by atoms with Crippen molar-refractivity contribution in [2.45, 2.75) is 25.9 Å². The Hall–Kier alpha value is -1.59. The Kier molecular flexibility index (Phi) is 3.40. The predicted molar refractivity (Wildman–Crippen MR) is 71.2 cm³/mol. The van der Waals surface area contributed by atoms with E-state index in [2.05, 4.69) is 17.0 Å². The summed E-state index contributed by atoms with van der Waals surface area (Å²) in [4.78, 5) is 2.37. The third-order valence-electron chi connectivity index (χ3n) is 3.76. The quantitative estimate of drug-likeness (QED) is 0.912. The van der Waals surface area contributed by atoms with E-state index in [0.717, 1.165) is 25.3 Å². The van der Waals surface area contributed by atoms with Crippen molar-refractivity contribution >= 4 is 0 Å². The van der Waals surface area contributed by atoms with Crippen LogP contribution in [0.1, 0.15) is 19.0 Å². The largest absolute Gasteiger partial charge is 0.461 e. The molecule has 0 saturated carbocycles. The van der Waals surface area contributed by atoms with Gasteiger partial charge in [-0.15, -0.1) is 0 Å². The molecule has 102 valence electrons. The smallest absolute Gasteiger partial charge is 0.202 e.